The fourth-order valence-corrected chi connectivity index (χ4v) is 1.80. The summed E-state index contributed by atoms with van der Waals surface area (Å²) in [7, 11) is 3.45. The largest absolute Gasteiger partial charge is 0.496 e. The summed E-state index contributed by atoms with van der Waals surface area (Å²) < 4.78 is 7.00. The van der Waals surface area contributed by atoms with Gasteiger partial charge in [-0.25, -0.2) is 5.43 Å². The number of aryl methyl sites for hydroxylation is 1. The standard InChI is InChI=1S/C11H15N5O/c1-16-9(7-13-15-16)11(14-12)8-5-3-4-6-10(8)17-2/h3-7,11,14H,12H2,1-2H3. The maximum Gasteiger partial charge on any atom is 0.124 e. The summed E-state index contributed by atoms with van der Waals surface area (Å²) in [5.74, 6) is 6.39. The van der Waals surface area contributed by atoms with Crippen LogP contribution in [0.4, 0.5) is 0 Å². The average molecular weight is 233 g/mol. The lowest BCUT2D eigenvalue weighted by molar-refractivity contribution is 0.402. The van der Waals surface area contributed by atoms with Crippen LogP contribution in [0.2, 0.25) is 0 Å². The van der Waals surface area contributed by atoms with Gasteiger partial charge in [0.25, 0.3) is 0 Å². The number of hydrogen-bond acceptors (Lipinski definition) is 5. The Morgan fingerprint density at radius 2 is 2.18 bits per heavy atom. The molecule has 1 heterocycles. The van der Waals surface area contributed by atoms with Crippen molar-refractivity contribution in [3.63, 3.8) is 0 Å². The number of hydrazine groups is 1. The van der Waals surface area contributed by atoms with Gasteiger partial charge in [0.1, 0.15) is 5.75 Å². The number of nitrogens with one attached hydrogen (secondary N) is 1. The zero-order chi connectivity index (χ0) is 12.3. The molecule has 0 amide bonds. The SMILES string of the molecule is COc1ccccc1C(NN)c1cnnn1C. The van der Waals surface area contributed by atoms with Gasteiger partial charge in [-0.1, -0.05) is 23.4 Å². The second-order valence-electron chi connectivity index (χ2n) is 3.62. The Morgan fingerprint density at radius 1 is 1.41 bits per heavy atom. The van der Waals surface area contributed by atoms with Crippen molar-refractivity contribution in [2.45, 2.75) is 6.04 Å². The van der Waals surface area contributed by atoms with Crippen LogP contribution in [0.5, 0.6) is 5.75 Å². The summed E-state index contributed by atoms with van der Waals surface area (Å²) >= 11 is 0. The maximum absolute atomic E-state index is 5.61. The molecule has 0 bridgehead atoms. The Hall–Kier alpha value is -1.92. The molecule has 6 nitrogen and oxygen atoms in total. The highest BCUT2D eigenvalue weighted by atomic mass is 16.5. The molecule has 0 radical (unpaired) electrons. The van der Waals surface area contributed by atoms with E-state index >= 15 is 0 Å². The molecule has 0 saturated heterocycles. The molecular weight excluding hydrogens is 218 g/mol. The Bertz CT molecular complexity index is 496. The van der Waals surface area contributed by atoms with Gasteiger partial charge in [0, 0.05) is 12.6 Å². The van der Waals surface area contributed by atoms with Crippen molar-refractivity contribution >= 4 is 0 Å². The molecule has 0 aliphatic carbocycles. The Labute approximate surface area is 99.4 Å². The smallest absolute Gasteiger partial charge is 0.124 e. The van der Waals surface area contributed by atoms with E-state index in [1.807, 2.05) is 31.3 Å². The van der Waals surface area contributed by atoms with Gasteiger partial charge in [-0.05, 0) is 6.07 Å². The van der Waals surface area contributed by atoms with E-state index in [9.17, 15) is 0 Å². The van der Waals surface area contributed by atoms with Crippen LogP contribution < -0.4 is 16.0 Å². The van der Waals surface area contributed by atoms with Gasteiger partial charge >= 0.3 is 0 Å². The molecule has 90 valence electrons. The van der Waals surface area contributed by atoms with Gasteiger partial charge < -0.3 is 4.74 Å². The number of para-hydroxylation sites is 1. The van der Waals surface area contributed by atoms with Crippen molar-refractivity contribution in [3.05, 3.63) is 41.7 Å². The predicted octanol–water partition coefficient (Wildman–Crippen LogP) is 0.376. The first-order chi connectivity index (χ1) is 8.27. The van der Waals surface area contributed by atoms with Gasteiger partial charge in [-0.2, -0.15) is 0 Å². The molecule has 1 atom stereocenters. The molecule has 1 aromatic carbocycles. The summed E-state index contributed by atoms with van der Waals surface area (Å²) in [5.41, 5.74) is 4.57. The molecule has 2 rings (SSSR count). The lowest BCUT2D eigenvalue weighted by Crippen LogP contribution is -2.30. The third-order valence-corrected chi connectivity index (χ3v) is 2.66. The molecule has 0 aliphatic rings. The van der Waals surface area contributed by atoms with Crippen LogP contribution in [0.3, 0.4) is 0 Å². The fourth-order valence-electron chi connectivity index (χ4n) is 1.80. The first-order valence-electron chi connectivity index (χ1n) is 5.21. The van der Waals surface area contributed by atoms with E-state index in [2.05, 4.69) is 15.7 Å². The van der Waals surface area contributed by atoms with Crippen LogP contribution in [0, 0.1) is 0 Å². The first-order valence-corrected chi connectivity index (χ1v) is 5.21. The Balaban J connectivity index is 2.46. The highest BCUT2D eigenvalue weighted by molar-refractivity contribution is 5.39. The molecule has 3 N–H and O–H groups in total. The number of methoxy groups -OCH3 is 1. The number of benzene rings is 1. The van der Waals surface area contributed by atoms with Gasteiger partial charge in [-0.3, -0.25) is 10.5 Å². The van der Waals surface area contributed by atoms with Crippen molar-refractivity contribution in [1.82, 2.24) is 20.4 Å². The number of rotatable bonds is 4. The molecule has 6 heteroatoms. The van der Waals surface area contributed by atoms with Crippen LogP contribution in [0.25, 0.3) is 0 Å². The molecular formula is C11H15N5O. The minimum absolute atomic E-state index is 0.203. The van der Waals surface area contributed by atoms with Crippen molar-refractivity contribution in [2.24, 2.45) is 12.9 Å². The lowest BCUT2D eigenvalue weighted by atomic mass is 10.0. The summed E-state index contributed by atoms with van der Waals surface area (Å²) in [4.78, 5) is 0. The normalized spacial score (nSPS) is 12.4. The third kappa shape index (κ3) is 2.13. The quantitative estimate of drug-likeness (QED) is 0.589. The molecule has 1 aromatic heterocycles. The van der Waals surface area contributed by atoms with Crippen molar-refractivity contribution < 1.29 is 4.74 Å². The van der Waals surface area contributed by atoms with Gasteiger partial charge in [0.05, 0.1) is 25.0 Å². The molecule has 0 aliphatic heterocycles. The minimum Gasteiger partial charge on any atom is -0.496 e. The van der Waals surface area contributed by atoms with E-state index in [0.29, 0.717) is 0 Å². The third-order valence-electron chi connectivity index (χ3n) is 2.66. The number of nitrogens with two attached hydrogens (primary N) is 1. The predicted molar refractivity (Wildman–Crippen MR) is 63.2 cm³/mol. The van der Waals surface area contributed by atoms with E-state index in [0.717, 1.165) is 17.0 Å². The molecule has 17 heavy (non-hydrogen) atoms. The molecule has 2 aromatic rings. The van der Waals surface area contributed by atoms with E-state index in [-0.39, 0.29) is 6.04 Å². The second-order valence-corrected chi connectivity index (χ2v) is 3.62. The summed E-state index contributed by atoms with van der Waals surface area (Å²) in [5, 5.41) is 7.74. The van der Waals surface area contributed by atoms with E-state index in [1.54, 1.807) is 18.0 Å². The zero-order valence-corrected chi connectivity index (χ0v) is 9.79. The summed E-state index contributed by atoms with van der Waals surface area (Å²) in [6.07, 6.45) is 1.68. The van der Waals surface area contributed by atoms with Crippen LogP contribution in [-0.4, -0.2) is 22.1 Å². The Kier molecular flexibility index (Phi) is 3.36. The first kappa shape index (κ1) is 11.6. The summed E-state index contributed by atoms with van der Waals surface area (Å²) in [6, 6.07) is 7.50. The fraction of sp³-hybridized carbons (Fsp3) is 0.273. The average Bonchev–Trinajstić information content (AvgIpc) is 2.78. The van der Waals surface area contributed by atoms with Crippen LogP contribution in [0.15, 0.2) is 30.5 Å². The summed E-state index contributed by atoms with van der Waals surface area (Å²) in [6.45, 7) is 0. The van der Waals surface area contributed by atoms with E-state index in [4.69, 9.17) is 10.6 Å². The van der Waals surface area contributed by atoms with Crippen LogP contribution >= 0.6 is 0 Å². The monoisotopic (exact) mass is 233 g/mol. The highest BCUT2D eigenvalue weighted by Crippen LogP contribution is 2.28. The van der Waals surface area contributed by atoms with Crippen molar-refractivity contribution in [1.29, 1.82) is 0 Å². The number of aromatic nitrogens is 3. The number of ether oxygens (including phenoxy) is 1. The molecule has 0 saturated carbocycles. The van der Waals surface area contributed by atoms with Gasteiger partial charge in [-0.15, -0.1) is 5.10 Å². The van der Waals surface area contributed by atoms with Gasteiger partial charge in [0.2, 0.25) is 0 Å². The molecule has 0 fully saturated rings. The van der Waals surface area contributed by atoms with Gasteiger partial charge in [0.15, 0.2) is 0 Å². The van der Waals surface area contributed by atoms with E-state index < -0.39 is 0 Å². The second kappa shape index (κ2) is 4.94. The Morgan fingerprint density at radius 3 is 2.76 bits per heavy atom. The van der Waals surface area contributed by atoms with Crippen LogP contribution in [-0.2, 0) is 7.05 Å². The zero-order valence-electron chi connectivity index (χ0n) is 9.79. The van der Waals surface area contributed by atoms with Crippen molar-refractivity contribution in [3.8, 4) is 5.75 Å². The minimum atomic E-state index is -0.203. The molecule has 1 unspecified atom stereocenters. The topological polar surface area (TPSA) is 78.0 Å². The maximum atomic E-state index is 5.61. The number of nitrogens with zero attached hydrogens (tertiary/aromatic N) is 3. The molecule has 0 spiro atoms. The number of hydrogen-bond donors (Lipinski definition) is 2. The highest BCUT2D eigenvalue weighted by Gasteiger charge is 2.19. The van der Waals surface area contributed by atoms with Crippen molar-refractivity contribution in [2.75, 3.05) is 7.11 Å². The van der Waals surface area contributed by atoms with Crippen LogP contribution in [0.1, 0.15) is 17.3 Å². The van der Waals surface area contributed by atoms with E-state index in [1.165, 1.54) is 0 Å². The lowest BCUT2D eigenvalue weighted by Gasteiger charge is -2.18.